The first-order valence-corrected chi connectivity index (χ1v) is 8.58. The van der Waals surface area contributed by atoms with Gasteiger partial charge < -0.3 is 15.3 Å². The largest absolute Gasteiger partial charge is 0.481 e. The Hall–Kier alpha value is -1.96. The number of carbonyl (C=O) groups is 2. The number of hydrogen-bond acceptors (Lipinski definition) is 2. The summed E-state index contributed by atoms with van der Waals surface area (Å²) in [6.45, 7) is -0.816. The van der Waals surface area contributed by atoms with Crippen LogP contribution in [0.1, 0.15) is 18.4 Å². The Morgan fingerprint density at radius 2 is 2.00 bits per heavy atom. The molecule has 2 fully saturated rings. The van der Waals surface area contributed by atoms with E-state index in [4.69, 9.17) is 16.7 Å². The number of rotatable bonds is 4. The number of benzene rings is 1. The molecule has 26 heavy (non-hydrogen) atoms. The quantitative estimate of drug-likeness (QED) is 0.829. The van der Waals surface area contributed by atoms with Gasteiger partial charge in [0.15, 0.2) is 0 Å². The third-order valence-corrected chi connectivity index (χ3v) is 5.45. The lowest BCUT2D eigenvalue weighted by molar-refractivity contribution is -0.187. The Balaban J connectivity index is 1.63. The maximum absolute atomic E-state index is 13.0. The van der Waals surface area contributed by atoms with Crippen LogP contribution in [0, 0.1) is 11.8 Å². The fourth-order valence-corrected chi connectivity index (χ4v) is 3.64. The van der Waals surface area contributed by atoms with Crippen molar-refractivity contribution >= 4 is 23.6 Å². The standard InChI is InChI=1S/C17H18ClF3N2O3/c18-11-3-1-2-10(6-11)16(4-5-16)9-22-15(26)23-7-12(14(24)25)13(8-23)17(19,20)21/h1-3,6,12-13H,4-5,7-9H2,(H,22,26)(H,24,25)/t12-,13-/m1/s1. The van der Waals surface area contributed by atoms with Gasteiger partial charge in [-0.1, -0.05) is 23.7 Å². The molecule has 1 saturated carbocycles. The van der Waals surface area contributed by atoms with Crippen LogP contribution in [0.3, 0.4) is 0 Å². The number of carboxylic acid groups (broad SMARTS) is 1. The van der Waals surface area contributed by atoms with E-state index in [1.165, 1.54) is 0 Å². The molecule has 0 radical (unpaired) electrons. The molecule has 5 nitrogen and oxygen atoms in total. The number of alkyl halides is 3. The van der Waals surface area contributed by atoms with Crippen LogP contribution in [0.2, 0.25) is 5.02 Å². The molecule has 142 valence electrons. The SMILES string of the molecule is O=C(O)[C@@H]1CN(C(=O)NCC2(c3cccc(Cl)c3)CC2)C[C@H]1C(F)(F)F. The first kappa shape index (κ1) is 18.8. The predicted octanol–water partition coefficient (Wildman–Crippen LogP) is 3.28. The van der Waals surface area contributed by atoms with Crippen LogP contribution in [0.4, 0.5) is 18.0 Å². The molecular weight excluding hydrogens is 373 g/mol. The van der Waals surface area contributed by atoms with E-state index >= 15 is 0 Å². The molecular formula is C17H18ClF3N2O3. The third-order valence-electron chi connectivity index (χ3n) is 5.21. The topological polar surface area (TPSA) is 69.6 Å². The van der Waals surface area contributed by atoms with Crippen LogP contribution >= 0.6 is 11.6 Å². The molecule has 0 bridgehead atoms. The minimum atomic E-state index is -4.66. The summed E-state index contributed by atoms with van der Waals surface area (Å²) in [5.41, 5.74) is 0.721. The molecule has 1 heterocycles. The van der Waals surface area contributed by atoms with Gasteiger partial charge in [-0.15, -0.1) is 0 Å². The van der Waals surface area contributed by atoms with Gasteiger partial charge in [0.05, 0.1) is 11.8 Å². The van der Waals surface area contributed by atoms with E-state index < -0.39 is 43.1 Å². The van der Waals surface area contributed by atoms with Gasteiger partial charge in [-0.3, -0.25) is 4.79 Å². The number of aliphatic carboxylic acids is 1. The second kappa shape index (κ2) is 6.64. The van der Waals surface area contributed by atoms with Gasteiger partial charge in [0.25, 0.3) is 0 Å². The average Bonchev–Trinajstić information content (AvgIpc) is 3.20. The van der Waals surface area contributed by atoms with Crippen LogP contribution in [0.25, 0.3) is 0 Å². The summed E-state index contributed by atoms with van der Waals surface area (Å²) in [5.74, 6) is -5.22. The van der Waals surface area contributed by atoms with E-state index in [0.29, 0.717) is 5.02 Å². The van der Waals surface area contributed by atoms with Gasteiger partial charge in [-0.2, -0.15) is 13.2 Å². The fourth-order valence-electron chi connectivity index (χ4n) is 3.44. The Morgan fingerprint density at radius 3 is 2.50 bits per heavy atom. The van der Waals surface area contributed by atoms with Gasteiger partial charge in [0.2, 0.25) is 0 Å². The smallest absolute Gasteiger partial charge is 0.394 e. The Morgan fingerprint density at radius 1 is 1.31 bits per heavy atom. The maximum Gasteiger partial charge on any atom is 0.394 e. The molecule has 1 aliphatic heterocycles. The highest BCUT2D eigenvalue weighted by molar-refractivity contribution is 6.30. The van der Waals surface area contributed by atoms with Crippen LogP contribution in [0.15, 0.2) is 24.3 Å². The number of carboxylic acids is 1. The summed E-state index contributed by atoms with van der Waals surface area (Å²) < 4.78 is 39.1. The number of amides is 2. The van der Waals surface area contributed by atoms with E-state index in [0.717, 1.165) is 23.3 Å². The van der Waals surface area contributed by atoms with Crippen LogP contribution in [-0.4, -0.2) is 47.8 Å². The normalized spacial score (nSPS) is 24.4. The summed E-state index contributed by atoms with van der Waals surface area (Å²) >= 11 is 5.99. The zero-order chi connectivity index (χ0) is 19.1. The molecule has 2 atom stereocenters. The summed E-state index contributed by atoms with van der Waals surface area (Å²) in [4.78, 5) is 24.3. The van der Waals surface area contributed by atoms with Crippen LogP contribution in [-0.2, 0) is 10.2 Å². The van der Waals surface area contributed by atoms with Crippen LogP contribution < -0.4 is 5.32 Å². The molecule has 1 aromatic rings. The zero-order valence-corrected chi connectivity index (χ0v) is 14.5. The minimum absolute atomic E-state index is 0.254. The van der Waals surface area contributed by atoms with E-state index in [1.807, 2.05) is 18.2 Å². The average molecular weight is 391 g/mol. The van der Waals surface area contributed by atoms with Crippen molar-refractivity contribution in [2.45, 2.75) is 24.4 Å². The number of halogens is 4. The van der Waals surface area contributed by atoms with Crippen molar-refractivity contribution in [1.29, 1.82) is 0 Å². The lowest BCUT2D eigenvalue weighted by atomic mass is 9.96. The number of urea groups is 1. The van der Waals surface area contributed by atoms with Crippen molar-refractivity contribution in [3.05, 3.63) is 34.9 Å². The second-order valence-corrected chi connectivity index (χ2v) is 7.38. The number of nitrogens with zero attached hydrogens (tertiary/aromatic N) is 1. The number of hydrogen-bond donors (Lipinski definition) is 2. The fraction of sp³-hybridized carbons (Fsp3) is 0.529. The van der Waals surface area contributed by atoms with Gasteiger partial charge in [0.1, 0.15) is 0 Å². The molecule has 9 heteroatoms. The van der Waals surface area contributed by atoms with Gasteiger partial charge in [-0.25, -0.2) is 4.79 Å². The third kappa shape index (κ3) is 3.75. The molecule has 2 amide bonds. The molecule has 1 aliphatic carbocycles. The van der Waals surface area contributed by atoms with Crippen molar-refractivity contribution in [2.24, 2.45) is 11.8 Å². The first-order chi connectivity index (χ1) is 12.1. The molecule has 2 aliphatic rings. The summed E-state index contributed by atoms with van der Waals surface area (Å²) in [5, 5.41) is 12.3. The summed E-state index contributed by atoms with van der Waals surface area (Å²) in [7, 11) is 0. The van der Waals surface area contributed by atoms with Crippen molar-refractivity contribution in [1.82, 2.24) is 10.2 Å². The molecule has 1 saturated heterocycles. The number of carbonyl (C=O) groups excluding carboxylic acids is 1. The minimum Gasteiger partial charge on any atom is -0.481 e. The van der Waals surface area contributed by atoms with E-state index in [2.05, 4.69) is 5.32 Å². The summed E-state index contributed by atoms with van der Waals surface area (Å²) in [6.07, 6.45) is -2.97. The van der Waals surface area contributed by atoms with E-state index in [1.54, 1.807) is 6.07 Å². The molecule has 0 unspecified atom stereocenters. The highest BCUT2D eigenvalue weighted by Crippen LogP contribution is 2.48. The van der Waals surface area contributed by atoms with E-state index in [-0.39, 0.29) is 12.0 Å². The summed E-state index contributed by atoms with van der Waals surface area (Å²) in [6, 6.07) is 6.60. The van der Waals surface area contributed by atoms with Crippen molar-refractivity contribution in [2.75, 3.05) is 19.6 Å². The highest BCUT2D eigenvalue weighted by atomic mass is 35.5. The van der Waals surface area contributed by atoms with Crippen molar-refractivity contribution in [3.63, 3.8) is 0 Å². The van der Waals surface area contributed by atoms with Crippen LogP contribution in [0.5, 0.6) is 0 Å². The zero-order valence-electron chi connectivity index (χ0n) is 13.7. The first-order valence-electron chi connectivity index (χ1n) is 8.21. The Kier molecular flexibility index (Phi) is 4.81. The molecule has 0 aromatic heterocycles. The maximum atomic E-state index is 13.0. The predicted molar refractivity (Wildman–Crippen MR) is 88.0 cm³/mol. The number of likely N-dealkylation sites (tertiary alicyclic amines) is 1. The molecule has 0 spiro atoms. The molecule has 2 N–H and O–H groups in total. The van der Waals surface area contributed by atoms with E-state index in [9.17, 15) is 22.8 Å². The monoisotopic (exact) mass is 390 g/mol. The Bertz CT molecular complexity index is 721. The van der Waals surface area contributed by atoms with Gasteiger partial charge in [-0.05, 0) is 30.5 Å². The van der Waals surface area contributed by atoms with Crippen molar-refractivity contribution in [3.8, 4) is 0 Å². The lowest BCUT2D eigenvalue weighted by Gasteiger charge is -2.21. The lowest BCUT2D eigenvalue weighted by Crippen LogP contribution is -2.42. The second-order valence-electron chi connectivity index (χ2n) is 6.95. The van der Waals surface area contributed by atoms with Crippen molar-refractivity contribution < 1.29 is 27.9 Å². The molecule has 1 aromatic carbocycles. The number of nitrogens with one attached hydrogen (secondary N) is 1. The van der Waals surface area contributed by atoms with Gasteiger partial charge >= 0.3 is 18.2 Å². The van der Waals surface area contributed by atoms with Gasteiger partial charge in [0, 0.05) is 30.1 Å². The molecule has 3 rings (SSSR count). The highest BCUT2D eigenvalue weighted by Gasteiger charge is 2.54. The Labute approximate surface area is 153 Å².